The maximum atomic E-state index is 5.78. The Hall–Kier alpha value is -1.06. The van der Waals surface area contributed by atoms with Crippen LogP contribution in [0.5, 0.6) is 5.75 Å². The normalized spacial score (nSPS) is 20.3. The van der Waals surface area contributed by atoms with Crippen molar-refractivity contribution in [3.63, 3.8) is 0 Å². The molecular formula is C16H25NO2. The van der Waals surface area contributed by atoms with Crippen LogP contribution in [-0.2, 0) is 10.2 Å². The van der Waals surface area contributed by atoms with Crippen LogP contribution < -0.4 is 10.1 Å². The molecule has 1 atom stereocenters. The van der Waals surface area contributed by atoms with E-state index in [-0.39, 0.29) is 5.41 Å². The van der Waals surface area contributed by atoms with Gasteiger partial charge in [0, 0.05) is 12.6 Å². The molecule has 0 radical (unpaired) electrons. The van der Waals surface area contributed by atoms with Crippen LogP contribution >= 0.6 is 0 Å². The minimum absolute atomic E-state index is 0.196. The standard InChI is InChI=1S/C16H25NO2/c1-16(2,3)13-4-6-15(7-5-13)19-10-8-14-12-18-11-9-17-14/h4-7,14,17H,8-12H2,1-3H3. The second-order valence-electron chi connectivity index (χ2n) is 6.14. The molecule has 1 aliphatic rings. The monoisotopic (exact) mass is 263 g/mol. The maximum absolute atomic E-state index is 5.78. The van der Waals surface area contributed by atoms with E-state index in [9.17, 15) is 0 Å². The van der Waals surface area contributed by atoms with Crippen molar-refractivity contribution in [3.05, 3.63) is 29.8 Å². The Morgan fingerprint density at radius 3 is 2.58 bits per heavy atom. The van der Waals surface area contributed by atoms with E-state index < -0.39 is 0 Å². The van der Waals surface area contributed by atoms with Gasteiger partial charge < -0.3 is 14.8 Å². The fourth-order valence-corrected chi connectivity index (χ4v) is 2.18. The molecule has 0 spiro atoms. The van der Waals surface area contributed by atoms with Crippen LogP contribution in [0.2, 0.25) is 0 Å². The lowest BCUT2D eigenvalue weighted by atomic mass is 9.87. The molecule has 1 aromatic carbocycles. The second kappa shape index (κ2) is 6.40. The third kappa shape index (κ3) is 4.51. The van der Waals surface area contributed by atoms with Crippen molar-refractivity contribution < 1.29 is 9.47 Å². The van der Waals surface area contributed by atoms with Crippen molar-refractivity contribution in [1.29, 1.82) is 0 Å². The summed E-state index contributed by atoms with van der Waals surface area (Å²) in [5.41, 5.74) is 1.53. The first kappa shape index (κ1) is 14.4. The Morgan fingerprint density at radius 2 is 2.00 bits per heavy atom. The van der Waals surface area contributed by atoms with Gasteiger partial charge in [0.1, 0.15) is 5.75 Å². The van der Waals surface area contributed by atoms with Crippen LogP contribution in [0.15, 0.2) is 24.3 Å². The van der Waals surface area contributed by atoms with Gasteiger partial charge in [-0.3, -0.25) is 0 Å². The lowest BCUT2D eigenvalue weighted by Crippen LogP contribution is -2.41. The lowest BCUT2D eigenvalue weighted by Gasteiger charge is -2.23. The number of morpholine rings is 1. The van der Waals surface area contributed by atoms with Gasteiger partial charge in [-0.05, 0) is 29.5 Å². The molecule has 0 saturated carbocycles. The van der Waals surface area contributed by atoms with Crippen LogP contribution in [0.3, 0.4) is 0 Å². The molecule has 0 amide bonds. The number of nitrogens with one attached hydrogen (secondary N) is 1. The summed E-state index contributed by atoms with van der Waals surface area (Å²) >= 11 is 0. The number of ether oxygens (including phenoxy) is 2. The van der Waals surface area contributed by atoms with Gasteiger partial charge in [-0.1, -0.05) is 32.9 Å². The molecule has 0 aromatic heterocycles. The van der Waals surface area contributed by atoms with E-state index in [1.807, 2.05) is 0 Å². The quantitative estimate of drug-likeness (QED) is 0.906. The van der Waals surface area contributed by atoms with Crippen LogP contribution in [0.4, 0.5) is 0 Å². The number of hydrogen-bond acceptors (Lipinski definition) is 3. The molecule has 1 heterocycles. The average molecular weight is 263 g/mol. The molecule has 1 saturated heterocycles. The highest BCUT2D eigenvalue weighted by molar-refractivity contribution is 5.31. The van der Waals surface area contributed by atoms with Gasteiger partial charge in [-0.2, -0.15) is 0 Å². The fourth-order valence-electron chi connectivity index (χ4n) is 2.18. The van der Waals surface area contributed by atoms with Crippen molar-refractivity contribution >= 4 is 0 Å². The van der Waals surface area contributed by atoms with E-state index in [2.05, 4.69) is 50.4 Å². The van der Waals surface area contributed by atoms with E-state index in [0.717, 1.165) is 38.5 Å². The van der Waals surface area contributed by atoms with Gasteiger partial charge in [0.15, 0.2) is 0 Å². The third-order valence-electron chi connectivity index (χ3n) is 3.45. The zero-order valence-corrected chi connectivity index (χ0v) is 12.2. The average Bonchev–Trinajstić information content (AvgIpc) is 2.39. The molecule has 1 N–H and O–H groups in total. The van der Waals surface area contributed by atoms with Crippen molar-refractivity contribution in [2.24, 2.45) is 0 Å². The molecule has 3 nitrogen and oxygen atoms in total. The molecule has 19 heavy (non-hydrogen) atoms. The molecule has 106 valence electrons. The summed E-state index contributed by atoms with van der Waals surface area (Å²) in [6.45, 7) is 9.96. The van der Waals surface area contributed by atoms with E-state index in [1.54, 1.807) is 0 Å². The van der Waals surface area contributed by atoms with E-state index >= 15 is 0 Å². The summed E-state index contributed by atoms with van der Waals surface area (Å²) in [6.07, 6.45) is 0.987. The molecule has 1 aromatic rings. The van der Waals surface area contributed by atoms with Crippen molar-refractivity contribution in [2.45, 2.75) is 38.6 Å². The van der Waals surface area contributed by atoms with Crippen molar-refractivity contribution in [2.75, 3.05) is 26.4 Å². The summed E-state index contributed by atoms with van der Waals surface area (Å²) in [7, 11) is 0. The number of benzene rings is 1. The van der Waals surface area contributed by atoms with Gasteiger partial charge in [0.25, 0.3) is 0 Å². The molecule has 1 aliphatic heterocycles. The summed E-state index contributed by atoms with van der Waals surface area (Å²) in [5.74, 6) is 0.949. The molecule has 0 bridgehead atoms. The Bertz CT molecular complexity index is 375. The van der Waals surface area contributed by atoms with Crippen LogP contribution in [0.25, 0.3) is 0 Å². The van der Waals surface area contributed by atoms with Gasteiger partial charge in [0.2, 0.25) is 0 Å². The Morgan fingerprint density at radius 1 is 1.26 bits per heavy atom. The molecule has 0 aliphatic carbocycles. The molecule has 3 heteroatoms. The smallest absolute Gasteiger partial charge is 0.119 e. The largest absolute Gasteiger partial charge is 0.494 e. The summed E-state index contributed by atoms with van der Waals surface area (Å²) < 4.78 is 11.2. The van der Waals surface area contributed by atoms with Gasteiger partial charge in [0.05, 0.1) is 19.8 Å². The number of rotatable bonds is 4. The second-order valence-corrected chi connectivity index (χ2v) is 6.14. The highest BCUT2D eigenvalue weighted by Gasteiger charge is 2.14. The zero-order chi connectivity index (χ0) is 13.7. The molecular weight excluding hydrogens is 238 g/mol. The Labute approximate surface area is 116 Å². The maximum Gasteiger partial charge on any atom is 0.119 e. The molecule has 2 rings (SSSR count). The van der Waals surface area contributed by atoms with Crippen LogP contribution in [0.1, 0.15) is 32.8 Å². The molecule has 1 fully saturated rings. The SMILES string of the molecule is CC(C)(C)c1ccc(OCCC2COCCN2)cc1. The van der Waals surface area contributed by atoms with Gasteiger partial charge in [-0.15, -0.1) is 0 Å². The van der Waals surface area contributed by atoms with Gasteiger partial charge in [-0.25, -0.2) is 0 Å². The van der Waals surface area contributed by atoms with E-state index in [0.29, 0.717) is 6.04 Å². The van der Waals surface area contributed by atoms with E-state index in [4.69, 9.17) is 9.47 Å². The zero-order valence-electron chi connectivity index (χ0n) is 12.2. The minimum Gasteiger partial charge on any atom is -0.494 e. The van der Waals surface area contributed by atoms with Crippen LogP contribution in [0, 0.1) is 0 Å². The topological polar surface area (TPSA) is 30.5 Å². The van der Waals surface area contributed by atoms with E-state index in [1.165, 1.54) is 5.56 Å². The fraction of sp³-hybridized carbons (Fsp3) is 0.625. The minimum atomic E-state index is 0.196. The summed E-state index contributed by atoms with van der Waals surface area (Å²) in [5, 5.41) is 3.43. The highest BCUT2D eigenvalue weighted by atomic mass is 16.5. The summed E-state index contributed by atoms with van der Waals surface area (Å²) in [4.78, 5) is 0. The van der Waals surface area contributed by atoms with Crippen LogP contribution in [-0.4, -0.2) is 32.4 Å². The lowest BCUT2D eigenvalue weighted by molar-refractivity contribution is 0.0691. The predicted molar refractivity (Wildman–Crippen MR) is 77.9 cm³/mol. The first-order valence-corrected chi connectivity index (χ1v) is 7.10. The van der Waals surface area contributed by atoms with Crippen molar-refractivity contribution in [1.82, 2.24) is 5.32 Å². The van der Waals surface area contributed by atoms with Gasteiger partial charge >= 0.3 is 0 Å². The summed E-state index contributed by atoms with van der Waals surface area (Å²) in [6, 6.07) is 8.85. The molecule has 1 unspecified atom stereocenters. The first-order chi connectivity index (χ1) is 9.05. The number of hydrogen-bond donors (Lipinski definition) is 1. The van der Waals surface area contributed by atoms with Crippen molar-refractivity contribution in [3.8, 4) is 5.75 Å². The third-order valence-corrected chi connectivity index (χ3v) is 3.45. The first-order valence-electron chi connectivity index (χ1n) is 7.10. The Balaban J connectivity index is 1.76. The highest BCUT2D eigenvalue weighted by Crippen LogP contribution is 2.24. The predicted octanol–water partition coefficient (Wildman–Crippen LogP) is 2.74. The Kier molecular flexibility index (Phi) is 4.83.